The van der Waals surface area contributed by atoms with Crippen molar-refractivity contribution in [2.75, 3.05) is 0 Å². The second kappa shape index (κ2) is 14.3. The maximum Gasteiger partial charge on any atom is 0.189 e. The smallest absolute Gasteiger partial charge is 0.189 e. The van der Waals surface area contributed by atoms with Crippen molar-refractivity contribution in [1.82, 2.24) is 24.5 Å². The summed E-state index contributed by atoms with van der Waals surface area (Å²) < 4.78 is 2.26. The second-order valence-electron chi connectivity index (χ2n) is 13.8. The first-order valence-electron chi connectivity index (χ1n) is 18.8. The van der Waals surface area contributed by atoms with Gasteiger partial charge in [-0.15, -0.1) is 0 Å². The van der Waals surface area contributed by atoms with Gasteiger partial charge in [-0.3, -0.25) is 0 Å². The van der Waals surface area contributed by atoms with Gasteiger partial charge in [0.1, 0.15) is 0 Å². The molecule has 6 nitrogen and oxygen atoms in total. The minimum Gasteiger partial charge on any atom is -0.310 e. The Bertz CT molecular complexity index is 3000. The van der Waals surface area contributed by atoms with Gasteiger partial charge in [-0.05, 0) is 36.4 Å². The van der Waals surface area contributed by atoms with E-state index >= 15 is 0 Å². The Labute approximate surface area is 329 Å². The third kappa shape index (κ3) is 6.29. The molecule has 0 saturated carbocycles. The van der Waals surface area contributed by atoms with Crippen LogP contribution in [0.4, 0.5) is 5.69 Å². The summed E-state index contributed by atoms with van der Waals surface area (Å²) in [4.78, 5) is 24.5. The Kier molecular flexibility index (Phi) is 8.44. The molecule has 0 saturated heterocycles. The summed E-state index contributed by atoms with van der Waals surface area (Å²) in [5.74, 6) is 1.27. The molecule has 7 aromatic carbocycles. The van der Waals surface area contributed by atoms with E-state index in [0.717, 1.165) is 83.6 Å². The van der Waals surface area contributed by atoms with E-state index in [1.54, 1.807) is 0 Å². The van der Waals surface area contributed by atoms with Gasteiger partial charge < -0.3 is 4.57 Å². The van der Waals surface area contributed by atoms with Gasteiger partial charge in [-0.1, -0.05) is 158 Å². The molecule has 0 aliphatic heterocycles. The molecule has 10 rings (SSSR count). The summed E-state index contributed by atoms with van der Waals surface area (Å²) in [5, 5.41) is 2.17. The Hall–Kier alpha value is -8.01. The highest BCUT2D eigenvalue weighted by atomic mass is 15.0. The Morgan fingerprint density at radius 1 is 0.368 bits per heavy atom. The van der Waals surface area contributed by atoms with E-state index in [-0.39, 0.29) is 0 Å². The van der Waals surface area contributed by atoms with Crippen LogP contribution in [0, 0.1) is 6.57 Å². The van der Waals surface area contributed by atoms with Crippen LogP contribution in [-0.2, 0) is 0 Å². The number of hydrogen-bond acceptors (Lipinski definition) is 4. The highest BCUT2D eigenvalue weighted by Gasteiger charge is 2.21. The molecule has 3 heterocycles. The highest BCUT2D eigenvalue weighted by Crippen LogP contribution is 2.40. The molecular formula is C51H32N6. The van der Waals surface area contributed by atoms with E-state index < -0.39 is 0 Å². The average Bonchev–Trinajstić information content (AvgIpc) is 3.63. The number of rotatable bonds is 7. The number of fused-ring (bicyclic) bond motifs is 3. The molecule has 10 aromatic rings. The number of aromatic nitrogens is 5. The molecule has 0 fully saturated rings. The summed E-state index contributed by atoms with van der Waals surface area (Å²) in [7, 11) is 0. The summed E-state index contributed by atoms with van der Waals surface area (Å²) >= 11 is 0. The van der Waals surface area contributed by atoms with Gasteiger partial charge in [0.05, 0.1) is 40.6 Å². The number of hydrogen-bond donors (Lipinski definition) is 0. The van der Waals surface area contributed by atoms with Crippen LogP contribution in [0.25, 0.3) is 100 Å². The van der Waals surface area contributed by atoms with Crippen molar-refractivity contribution in [3.63, 3.8) is 0 Å². The third-order valence-electron chi connectivity index (χ3n) is 10.3. The van der Waals surface area contributed by atoms with Crippen molar-refractivity contribution in [3.05, 3.63) is 206 Å². The summed E-state index contributed by atoms with van der Waals surface area (Å²) in [5.41, 5.74) is 12.3. The molecule has 0 amide bonds. The first kappa shape index (κ1) is 33.6. The van der Waals surface area contributed by atoms with E-state index in [1.165, 1.54) is 0 Å². The number of para-hydroxylation sites is 1. The van der Waals surface area contributed by atoms with E-state index in [9.17, 15) is 0 Å². The van der Waals surface area contributed by atoms with Gasteiger partial charge in [0.15, 0.2) is 17.3 Å². The molecule has 0 spiro atoms. The molecule has 0 N–H and O–H groups in total. The third-order valence-corrected chi connectivity index (χ3v) is 10.3. The van der Waals surface area contributed by atoms with Gasteiger partial charge in [0.25, 0.3) is 0 Å². The lowest BCUT2D eigenvalue weighted by molar-refractivity contribution is 1.15. The van der Waals surface area contributed by atoms with E-state index in [2.05, 4.69) is 94.3 Å². The topological polar surface area (TPSA) is 60.9 Å². The molecule has 0 unspecified atom stereocenters. The zero-order valence-corrected chi connectivity index (χ0v) is 30.7. The first-order chi connectivity index (χ1) is 28.2. The fourth-order valence-corrected chi connectivity index (χ4v) is 7.51. The molecule has 0 bridgehead atoms. The fourth-order valence-electron chi connectivity index (χ4n) is 7.51. The SMILES string of the molecule is [C-]#[N+]c1ccc2c3ccccc3n(-c3ccc(-c4cc(-c5ccccc5)nc(-c5ccccc5)n4)cc3-c3cc(-c4ccccc4)nc(-c4ccccc4)n3)c2c1. The molecule has 6 heteroatoms. The van der Waals surface area contributed by atoms with E-state index in [0.29, 0.717) is 17.3 Å². The van der Waals surface area contributed by atoms with Crippen LogP contribution in [0.15, 0.2) is 194 Å². The van der Waals surface area contributed by atoms with Gasteiger partial charge in [-0.2, -0.15) is 0 Å². The van der Waals surface area contributed by atoms with Gasteiger partial charge in [0.2, 0.25) is 0 Å². The highest BCUT2D eigenvalue weighted by molar-refractivity contribution is 6.10. The van der Waals surface area contributed by atoms with Crippen LogP contribution in [0.2, 0.25) is 0 Å². The predicted octanol–water partition coefficient (Wildman–Crippen LogP) is 12.9. The molecule has 0 aliphatic rings. The molecule has 3 aromatic heterocycles. The predicted molar refractivity (Wildman–Crippen MR) is 231 cm³/mol. The summed E-state index contributed by atoms with van der Waals surface area (Å²) in [6.45, 7) is 7.89. The minimum atomic E-state index is 0.576. The quantitative estimate of drug-likeness (QED) is 0.153. The van der Waals surface area contributed by atoms with Crippen LogP contribution >= 0.6 is 0 Å². The summed E-state index contributed by atoms with van der Waals surface area (Å²) in [6, 6.07) is 65.6. The van der Waals surface area contributed by atoms with Crippen molar-refractivity contribution < 1.29 is 0 Å². The van der Waals surface area contributed by atoms with Crippen molar-refractivity contribution in [2.24, 2.45) is 0 Å². The van der Waals surface area contributed by atoms with Crippen molar-refractivity contribution in [2.45, 2.75) is 0 Å². The maximum atomic E-state index is 7.89. The van der Waals surface area contributed by atoms with E-state index in [1.807, 2.05) is 109 Å². The van der Waals surface area contributed by atoms with E-state index in [4.69, 9.17) is 26.5 Å². The Balaban J connectivity index is 1.28. The monoisotopic (exact) mass is 728 g/mol. The second-order valence-corrected chi connectivity index (χ2v) is 13.8. The lowest BCUT2D eigenvalue weighted by atomic mass is 9.99. The Morgan fingerprint density at radius 2 is 0.842 bits per heavy atom. The summed E-state index contributed by atoms with van der Waals surface area (Å²) in [6.07, 6.45) is 0. The zero-order chi connectivity index (χ0) is 38.1. The number of benzene rings is 7. The zero-order valence-electron chi connectivity index (χ0n) is 30.7. The molecule has 0 aliphatic carbocycles. The first-order valence-corrected chi connectivity index (χ1v) is 18.8. The molecule has 0 atom stereocenters. The normalized spacial score (nSPS) is 11.1. The minimum absolute atomic E-state index is 0.576. The maximum absolute atomic E-state index is 7.89. The molecular weight excluding hydrogens is 697 g/mol. The fraction of sp³-hybridized carbons (Fsp3) is 0. The lowest BCUT2D eigenvalue weighted by Gasteiger charge is -2.17. The van der Waals surface area contributed by atoms with Crippen LogP contribution in [0.1, 0.15) is 0 Å². The van der Waals surface area contributed by atoms with Gasteiger partial charge >= 0.3 is 0 Å². The standard InChI is InChI=1S/C51H32N6/c1-52-39-27-28-41-40-24-14-15-25-47(40)57(49(41)31-39)48-29-26-38(45-32-43(34-16-6-2-7-17-34)53-50(55-45)36-20-10-4-11-21-36)30-42(48)46-33-44(35-18-8-3-9-19-35)54-51(56-46)37-22-12-5-13-23-37/h2-33H. The van der Waals surface area contributed by atoms with Crippen molar-refractivity contribution in [1.29, 1.82) is 0 Å². The molecule has 266 valence electrons. The Morgan fingerprint density at radius 3 is 1.42 bits per heavy atom. The van der Waals surface area contributed by atoms with Gasteiger partial charge in [-0.25, -0.2) is 24.8 Å². The average molecular weight is 729 g/mol. The van der Waals surface area contributed by atoms with Crippen LogP contribution < -0.4 is 0 Å². The molecule has 57 heavy (non-hydrogen) atoms. The van der Waals surface area contributed by atoms with Crippen LogP contribution in [-0.4, -0.2) is 24.5 Å². The lowest BCUT2D eigenvalue weighted by Crippen LogP contribution is -2.02. The number of nitrogens with zero attached hydrogens (tertiary/aromatic N) is 6. The van der Waals surface area contributed by atoms with Crippen LogP contribution in [0.5, 0.6) is 0 Å². The van der Waals surface area contributed by atoms with Crippen molar-refractivity contribution in [3.8, 4) is 73.5 Å². The van der Waals surface area contributed by atoms with Crippen LogP contribution in [0.3, 0.4) is 0 Å². The largest absolute Gasteiger partial charge is 0.310 e. The van der Waals surface area contributed by atoms with Crippen molar-refractivity contribution >= 4 is 27.5 Å². The molecule has 0 radical (unpaired) electrons. The van der Waals surface area contributed by atoms with Gasteiger partial charge in [0, 0.05) is 49.7 Å².